The van der Waals surface area contributed by atoms with E-state index in [4.69, 9.17) is 10.00 Å². The van der Waals surface area contributed by atoms with Crippen LogP contribution in [-0.2, 0) is 16.6 Å². The molecule has 1 saturated heterocycles. The topological polar surface area (TPSA) is 111 Å². The number of benzene rings is 2. The van der Waals surface area contributed by atoms with Crippen LogP contribution in [0.5, 0.6) is 11.6 Å². The first-order chi connectivity index (χ1) is 19.2. The van der Waals surface area contributed by atoms with E-state index in [1.165, 1.54) is 6.08 Å². The number of allylic oxidation sites excluding steroid dienone is 1. The molecule has 10 heteroatoms. The van der Waals surface area contributed by atoms with Crippen molar-refractivity contribution >= 4 is 27.7 Å². The number of sulfonamides is 1. The first-order valence-electron chi connectivity index (χ1n) is 13.4. The highest BCUT2D eigenvalue weighted by molar-refractivity contribution is 7.89. The highest BCUT2D eigenvalue weighted by atomic mass is 32.2. The zero-order valence-corrected chi connectivity index (χ0v) is 24.3. The van der Waals surface area contributed by atoms with E-state index in [1.807, 2.05) is 44.2 Å². The molecule has 9 nitrogen and oxygen atoms in total. The average Bonchev–Trinajstić information content (AvgIpc) is 3.17. The Labute approximate surface area is 237 Å². The van der Waals surface area contributed by atoms with Gasteiger partial charge in [-0.25, -0.2) is 17.7 Å². The summed E-state index contributed by atoms with van der Waals surface area (Å²) in [5.74, 6) is 1.57. The normalized spacial score (nSPS) is 15.2. The highest BCUT2D eigenvalue weighted by Gasteiger charge is 2.27. The van der Waals surface area contributed by atoms with Crippen molar-refractivity contribution in [3.05, 3.63) is 77.0 Å². The SMILES string of the molecule is Cc1cc(/C=C/C#N)cc(C)c1Oc1ccnc(Nc2ccc(CN3CCCN(S(=O)(=O)C(C)C)CC3)cc2)n1. The number of hydrogen-bond donors (Lipinski definition) is 1. The Morgan fingerprint density at radius 2 is 1.80 bits per heavy atom. The maximum absolute atomic E-state index is 12.5. The summed E-state index contributed by atoms with van der Waals surface area (Å²) in [6, 6.07) is 15.8. The lowest BCUT2D eigenvalue weighted by molar-refractivity contribution is 0.278. The summed E-state index contributed by atoms with van der Waals surface area (Å²) in [4.78, 5) is 11.2. The number of aromatic nitrogens is 2. The van der Waals surface area contributed by atoms with Crippen LogP contribution in [0, 0.1) is 25.2 Å². The van der Waals surface area contributed by atoms with E-state index in [-0.39, 0.29) is 0 Å². The first-order valence-corrected chi connectivity index (χ1v) is 14.9. The van der Waals surface area contributed by atoms with Crippen LogP contribution in [0.3, 0.4) is 0 Å². The van der Waals surface area contributed by atoms with Crippen LogP contribution >= 0.6 is 0 Å². The molecule has 0 amide bonds. The van der Waals surface area contributed by atoms with Gasteiger partial charge in [0, 0.05) is 50.2 Å². The second kappa shape index (κ2) is 13.0. The van der Waals surface area contributed by atoms with E-state index in [9.17, 15) is 8.42 Å². The minimum absolute atomic E-state index is 0.395. The number of ether oxygens (including phenoxy) is 1. The Morgan fingerprint density at radius 3 is 2.48 bits per heavy atom. The third kappa shape index (κ3) is 7.45. The van der Waals surface area contributed by atoms with Gasteiger partial charge in [-0.05, 0) is 93.3 Å². The van der Waals surface area contributed by atoms with Gasteiger partial charge in [0.15, 0.2) is 0 Å². The summed E-state index contributed by atoms with van der Waals surface area (Å²) >= 11 is 0. The molecule has 0 atom stereocenters. The predicted molar refractivity (Wildman–Crippen MR) is 158 cm³/mol. The largest absolute Gasteiger partial charge is 0.438 e. The third-order valence-corrected chi connectivity index (χ3v) is 9.07. The number of rotatable bonds is 9. The summed E-state index contributed by atoms with van der Waals surface area (Å²) in [7, 11) is -3.22. The molecule has 1 aromatic heterocycles. The van der Waals surface area contributed by atoms with E-state index < -0.39 is 15.3 Å². The van der Waals surface area contributed by atoms with E-state index in [0.29, 0.717) is 31.5 Å². The fraction of sp³-hybridized carbons (Fsp3) is 0.367. The molecule has 4 rings (SSSR count). The Hall–Kier alpha value is -3.78. The van der Waals surface area contributed by atoms with Gasteiger partial charge in [-0.1, -0.05) is 12.1 Å². The average molecular weight is 561 g/mol. The summed E-state index contributed by atoms with van der Waals surface area (Å²) in [5.41, 5.74) is 4.84. The van der Waals surface area contributed by atoms with Crippen LogP contribution in [0.25, 0.3) is 6.08 Å². The maximum atomic E-state index is 12.5. The molecule has 1 N–H and O–H groups in total. The smallest absolute Gasteiger partial charge is 0.230 e. The molecule has 0 radical (unpaired) electrons. The van der Waals surface area contributed by atoms with Crippen molar-refractivity contribution in [1.29, 1.82) is 5.26 Å². The molecule has 0 aliphatic carbocycles. The summed E-state index contributed by atoms with van der Waals surface area (Å²) in [6.45, 7) is 10.8. The molecule has 0 saturated carbocycles. The number of aryl methyl sites for hydroxylation is 2. The molecule has 40 heavy (non-hydrogen) atoms. The Balaban J connectivity index is 1.36. The van der Waals surface area contributed by atoms with E-state index >= 15 is 0 Å². The fourth-order valence-corrected chi connectivity index (χ4v) is 5.99. The molecule has 3 aromatic rings. The van der Waals surface area contributed by atoms with Crippen LogP contribution in [0.15, 0.2) is 54.7 Å². The second-order valence-corrected chi connectivity index (χ2v) is 12.7. The maximum Gasteiger partial charge on any atom is 0.230 e. The van der Waals surface area contributed by atoms with Crippen LogP contribution < -0.4 is 10.1 Å². The summed E-state index contributed by atoms with van der Waals surface area (Å²) in [6.07, 6.45) is 5.69. The summed E-state index contributed by atoms with van der Waals surface area (Å²) < 4.78 is 32.8. The third-order valence-electron chi connectivity index (χ3n) is 6.79. The number of anilines is 2. The van der Waals surface area contributed by atoms with Crippen LogP contribution in [0.2, 0.25) is 0 Å². The van der Waals surface area contributed by atoms with Gasteiger partial charge >= 0.3 is 0 Å². The summed E-state index contributed by atoms with van der Waals surface area (Å²) in [5, 5.41) is 11.6. The van der Waals surface area contributed by atoms with E-state index in [1.54, 1.807) is 36.5 Å². The Bertz CT molecular complexity index is 1470. The monoisotopic (exact) mass is 560 g/mol. The van der Waals surface area contributed by atoms with E-state index in [0.717, 1.165) is 53.2 Å². The first kappa shape index (κ1) is 29.2. The Kier molecular flexibility index (Phi) is 9.53. The molecule has 2 heterocycles. The lowest BCUT2D eigenvalue weighted by atomic mass is 10.1. The predicted octanol–water partition coefficient (Wildman–Crippen LogP) is 5.41. The molecule has 1 aliphatic heterocycles. The molecule has 0 bridgehead atoms. The number of hydrogen-bond acceptors (Lipinski definition) is 8. The molecule has 1 fully saturated rings. The standard InChI is InChI=1S/C30H36N6O3S/c1-22(2)40(37,38)36-16-6-15-35(17-18-36)21-25-8-10-27(11-9-25)33-30-32-14-12-28(34-30)39-29-23(3)19-26(7-5-13-31)20-24(29)4/h5,7-12,14,19-20,22H,6,15-18,21H2,1-4H3,(H,32,33,34)/b7-5+. The molecule has 0 spiro atoms. The van der Waals surface area contributed by atoms with Gasteiger partial charge in [0.2, 0.25) is 21.9 Å². The lowest BCUT2D eigenvalue weighted by Gasteiger charge is -2.23. The van der Waals surface area contributed by atoms with Crippen molar-refractivity contribution in [2.75, 3.05) is 31.5 Å². The van der Waals surface area contributed by atoms with Gasteiger partial charge in [0.25, 0.3) is 0 Å². The van der Waals surface area contributed by atoms with Crippen molar-refractivity contribution in [2.24, 2.45) is 0 Å². The molecule has 210 valence electrons. The molecule has 2 aromatic carbocycles. The van der Waals surface area contributed by atoms with Gasteiger partial charge in [-0.3, -0.25) is 4.90 Å². The molecule has 1 aliphatic rings. The van der Waals surface area contributed by atoms with Crippen molar-refractivity contribution in [3.8, 4) is 17.7 Å². The van der Waals surface area contributed by atoms with Crippen molar-refractivity contribution in [2.45, 2.75) is 45.9 Å². The van der Waals surface area contributed by atoms with E-state index in [2.05, 4.69) is 32.3 Å². The van der Waals surface area contributed by atoms with Gasteiger partial charge in [0.1, 0.15) is 5.75 Å². The van der Waals surface area contributed by atoms with Crippen molar-refractivity contribution in [3.63, 3.8) is 0 Å². The zero-order chi connectivity index (χ0) is 28.7. The number of nitrogens with zero attached hydrogens (tertiary/aromatic N) is 5. The molecule has 0 unspecified atom stereocenters. The highest BCUT2D eigenvalue weighted by Crippen LogP contribution is 2.30. The second-order valence-electron chi connectivity index (χ2n) is 10.2. The van der Waals surface area contributed by atoms with Crippen molar-refractivity contribution < 1.29 is 13.2 Å². The zero-order valence-electron chi connectivity index (χ0n) is 23.5. The quantitative estimate of drug-likeness (QED) is 0.346. The molecular weight excluding hydrogens is 524 g/mol. The van der Waals surface area contributed by atoms with Gasteiger partial charge in [-0.2, -0.15) is 10.2 Å². The Morgan fingerprint density at radius 1 is 1.07 bits per heavy atom. The van der Waals surface area contributed by atoms with Crippen LogP contribution in [0.4, 0.5) is 11.6 Å². The molecular formula is C30H36N6O3S. The minimum atomic E-state index is -3.22. The fourth-order valence-electron chi connectivity index (χ4n) is 4.68. The van der Waals surface area contributed by atoms with Crippen LogP contribution in [-0.4, -0.2) is 59.0 Å². The van der Waals surface area contributed by atoms with Gasteiger partial charge < -0.3 is 10.1 Å². The number of nitriles is 1. The van der Waals surface area contributed by atoms with Gasteiger partial charge in [0.05, 0.1) is 11.3 Å². The van der Waals surface area contributed by atoms with Crippen LogP contribution in [0.1, 0.15) is 42.5 Å². The van der Waals surface area contributed by atoms with Gasteiger partial charge in [-0.15, -0.1) is 0 Å². The lowest BCUT2D eigenvalue weighted by Crippen LogP contribution is -2.39. The van der Waals surface area contributed by atoms with Crippen molar-refractivity contribution in [1.82, 2.24) is 19.2 Å². The minimum Gasteiger partial charge on any atom is -0.438 e. The number of nitrogens with one attached hydrogen (secondary N) is 1.